The molecule has 2 aromatic carbocycles. The molecule has 0 unspecified atom stereocenters. The number of hydrogen-bond donors (Lipinski definition) is 5. The van der Waals surface area contributed by atoms with Crippen molar-refractivity contribution in [1.29, 1.82) is 0 Å². The zero-order valence-corrected chi connectivity index (χ0v) is 22.9. The molecule has 10 heteroatoms. The lowest BCUT2D eigenvalue weighted by molar-refractivity contribution is -0.143. The predicted molar refractivity (Wildman–Crippen MR) is 148 cm³/mol. The van der Waals surface area contributed by atoms with E-state index in [1.54, 1.807) is 26.1 Å². The van der Waals surface area contributed by atoms with Crippen LogP contribution < -0.4 is 21.7 Å². The van der Waals surface area contributed by atoms with E-state index in [0.29, 0.717) is 19.4 Å². The number of phenolic OH excluding ortho intramolecular Hbond substituents is 1. The number of likely N-dealkylation sites (N-methyl/N-ethyl adjacent to an activating group) is 1. The molecule has 0 spiro atoms. The van der Waals surface area contributed by atoms with Gasteiger partial charge >= 0.3 is 0 Å². The van der Waals surface area contributed by atoms with Crippen LogP contribution in [0.15, 0.2) is 48.5 Å². The molecule has 6 N–H and O–H groups in total. The molecular formula is C29H39N5O5. The van der Waals surface area contributed by atoms with E-state index in [1.807, 2.05) is 50.2 Å². The highest BCUT2D eigenvalue weighted by molar-refractivity contribution is 5.95. The lowest BCUT2D eigenvalue weighted by atomic mass is 9.99. The lowest BCUT2D eigenvalue weighted by Crippen LogP contribution is -2.58. The SMILES string of the molecule is CN[C@@H](C)C(=O)N[C@H](C(=O)N1CCC[C@H]1C(=O)N[C@@H](Cc1ccc(-c2ccc(O)cc2)cc1)C(N)=O)C(C)C. The van der Waals surface area contributed by atoms with Gasteiger partial charge in [0.1, 0.15) is 23.9 Å². The molecule has 0 saturated carbocycles. The van der Waals surface area contributed by atoms with Crippen molar-refractivity contribution in [1.82, 2.24) is 20.9 Å². The van der Waals surface area contributed by atoms with Crippen molar-refractivity contribution >= 4 is 23.6 Å². The second kappa shape index (κ2) is 13.2. The van der Waals surface area contributed by atoms with Gasteiger partial charge in [0.25, 0.3) is 0 Å². The quantitative estimate of drug-likeness (QED) is 0.291. The van der Waals surface area contributed by atoms with Gasteiger partial charge in [0.05, 0.1) is 6.04 Å². The summed E-state index contributed by atoms with van der Waals surface area (Å²) < 4.78 is 0. The molecule has 210 valence electrons. The summed E-state index contributed by atoms with van der Waals surface area (Å²) in [5, 5.41) is 17.9. The molecule has 10 nitrogen and oxygen atoms in total. The number of rotatable bonds is 11. The first-order chi connectivity index (χ1) is 18.5. The number of hydrogen-bond acceptors (Lipinski definition) is 6. The van der Waals surface area contributed by atoms with Gasteiger partial charge in [-0.05, 0) is 61.6 Å². The van der Waals surface area contributed by atoms with Gasteiger partial charge in [0.2, 0.25) is 23.6 Å². The van der Waals surface area contributed by atoms with Gasteiger partial charge in [-0.1, -0.05) is 50.2 Å². The third-order valence-corrected chi connectivity index (χ3v) is 7.15. The first-order valence-corrected chi connectivity index (χ1v) is 13.3. The van der Waals surface area contributed by atoms with E-state index in [2.05, 4.69) is 16.0 Å². The Hall–Kier alpha value is -3.92. The van der Waals surface area contributed by atoms with Crippen molar-refractivity contribution in [3.63, 3.8) is 0 Å². The fourth-order valence-corrected chi connectivity index (χ4v) is 4.62. The van der Waals surface area contributed by atoms with E-state index in [1.165, 1.54) is 4.90 Å². The maximum atomic E-state index is 13.4. The molecule has 1 fully saturated rings. The monoisotopic (exact) mass is 537 g/mol. The molecule has 4 amide bonds. The largest absolute Gasteiger partial charge is 0.508 e. The third kappa shape index (κ3) is 7.57. The summed E-state index contributed by atoms with van der Waals surface area (Å²) in [5.74, 6) is -1.73. The summed E-state index contributed by atoms with van der Waals surface area (Å²) in [5.41, 5.74) is 8.31. The van der Waals surface area contributed by atoms with Crippen LogP contribution in [0.25, 0.3) is 11.1 Å². The number of carbonyl (C=O) groups excluding carboxylic acids is 4. The van der Waals surface area contributed by atoms with Crippen LogP contribution in [0, 0.1) is 5.92 Å². The van der Waals surface area contributed by atoms with Gasteiger partial charge in [0, 0.05) is 13.0 Å². The summed E-state index contributed by atoms with van der Waals surface area (Å²) in [6.07, 6.45) is 1.29. The number of aromatic hydroxyl groups is 1. The van der Waals surface area contributed by atoms with Gasteiger partial charge < -0.3 is 31.7 Å². The maximum Gasteiger partial charge on any atom is 0.246 e. The average molecular weight is 538 g/mol. The Bertz CT molecular complexity index is 1170. The third-order valence-electron chi connectivity index (χ3n) is 7.15. The molecule has 0 radical (unpaired) electrons. The number of nitrogens with two attached hydrogens (primary N) is 1. The minimum Gasteiger partial charge on any atom is -0.508 e. The molecule has 3 rings (SSSR count). The zero-order chi connectivity index (χ0) is 28.7. The molecule has 2 aromatic rings. The van der Waals surface area contributed by atoms with Crippen LogP contribution in [0.1, 0.15) is 39.2 Å². The number of nitrogens with zero attached hydrogens (tertiary/aromatic N) is 1. The number of likely N-dealkylation sites (tertiary alicyclic amines) is 1. The highest BCUT2D eigenvalue weighted by Gasteiger charge is 2.39. The Morgan fingerprint density at radius 3 is 2.10 bits per heavy atom. The Morgan fingerprint density at radius 2 is 1.56 bits per heavy atom. The highest BCUT2D eigenvalue weighted by Crippen LogP contribution is 2.23. The summed E-state index contributed by atoms with van der Waals surface area (Å²) in [7, 11) is 1.66. The summed E-state index contributed by atoms with van der Waals surface area (Å²) in [4.78, 5) is 52.9. The van der Waals surface area contributed by atoms with Crippen molar-refractivity contribution in [2.75, 3.05) is 13.6 Å². The van der Waals surface area contributed by atoms with Crippen LogP contribution in [0.4, 0.5) is 0 Å². The molecular weight excluding hydrogens is 498 g/mol. The second-order valence-corrected chi connectivity index (χ2v) is 10.3. The molecule has 1 aliphatic heterocycles. The normalized spacial score (nSPS) is 17.4. The van der Waals surface area contributed by atoms with Crippen LogP contribution in [0.3, 0.4) is 0 Å². The fourth-order valence-electron chi connectivity index (χ4n) is 4.62. The summed E-state index contributed by atoms with van der Waals surface area (Å²) in [6, 6.07) is 11.4. The Morgan fingerprint density at radius 1 is 0.974 bits per heavy atom. The van der Waals surface area contributed by atoms with Crippen molar-refractivity contribution in [3.05, 3.63) is 54.1 Å². The number of amides is 4. The maximum absolute atomic E-state index is 13.4. The Labute approximate surface area is 229 Å². The molecule has 1 saturated heterocycles. The van der Waals surface area contributed by atoms with Crippen LogP contribution in [0.5, 0.6) is 5.75 Å². The van der Waals surface area contributed by atoms with E-state index in [4.69, 9.17) is 5.73 Å². The minimum absolute atomic E-state index is 0.183. The summed E-state index contributed by atoms with van der Waals surface area (Å²) >= 11 is 0. The Kier molecular flexibility index (Phi) is 10.1. The van der Waals surface area contributed by atoms with Crippen LogP contribution in [-0.2, 0) is 25.6 Å². The zero-order valence-electron chi connectivity index (χ0n) is 22.9. The minimum atomic E-state index is -0.952. The van der Waals surface area contributed by atoms with Crippen molar-refractivity contribution < 1.29 is 24.3 Å². The van der Waals surface area contributed by atoms with E-state index < -0.39 is 36.0 Å². The average Bonchev–Trinajstić information content (AvgIpc) is 3.41. The first-order valence-electron chi connectivity index (χ1n) is 13.3. The van der Waals surface area contributed by atoms with Crippen LogP contribution in [0.2, 0.25) is 0 Å². The number of nitrogens with one attached hydrogen (secondary N) is 3. The molecule has 0 aromatic heterocycles. The van der Waals surface area contributed by atoms with E-state index in [0.717, 1.165) is 16.7 Å². The fraction of sp³-hybridized carbons (Fsp3) is 0.448. The first kappa shape index (κ1) is 29.6. The van der Waals surface area contributed by atoms with Gasteiger partial charge in [-0.2, -0.15) is 0 Å². The standard InChI is InChI=1S/C29H39N5O5/c1-17(2)25(33-27(37)18(3)31-4)29(39)34-15-5-6-24(34)28(38)32-23(26(30)36)16-19-7-9-20(10-8-19)21-11-13-22(35)14-12-21/h7-14,17-18,23-25,31,35H,5-6,15-16H2,1-4H3,(H2,30,36)(H,32,38)(H,33,37)/t18-,23-,24-,25-/m0/s1. The summed E-state index contributed by atoms with van der Waals surface area (Å²) in [6.45, 7) is 5.77. The second-order valence-electron chi connectivity index (χ2n) is 10.3. The van der Waals surface area contributed by atoms with Gasteiger partial charge in [-0.3, -0.25) is 19.2 Å². The molecule has 0 aliphatic carbocycles. The van der Waals surface area contributed by atoms with Crippen LogP contribution >= 0.6 is 0 Å². The number of benzene rings is 2. The molecule has 4 atom stereocenters. The van der Waals surface area contributed by atoms with E-state index in [-0.39, 0.29) is 29.9 Å². The molecule has 1 heterocycles. The molecule has 0 bridgehead atoms. The number of primary amides is 1. The van der Waals surface area contributed by atoms with E-state index >= 15 is 0 Å². The molecule has 39 heavy (non-hydrogen) atoms. The van der Waals surface area contributed by atoms with Crippen molar-refractivity contribution in [2.45, 2.75) is 64.2 Å². The van der Waals surface area contributed by atoms with Crippen molar-refractivity contribution in [2.24, 2.45) is 11.7 Å². The smallest absolute Gasteiger partial charge is 0.246 e. The number of carbonyl (C=O) groups is 4. The topological polar surface area (TPSA) is 154 Å². The van der Waals surface area contributed by atoms with Gasteiger partial charge in [-0.15, -0.1) is 0 Å². The van der Waals surface area contributed by atoms with Gasteiger partial charge in [0.15, 0.2) is 0 Å². The Balaban J connectivity index is 1.68. The highest BCUT2D eigenvalue weighted by atomic mass is 16.3. The predicted octanol–water partition coefficient (Wildman–Crippen LogP) is 1.31. The van der Waals surface area contributed by atoms with Crippen LogP contribution in [-0.4, -0.2) is 71.4 Å². The molecule has 1 aliphatic rings. The lowest BCUT2D eigenvalue weighted by Gasteiger charge is -2.31. The number of phenols is 1. The van der Waals surface area contributed by atoms with Gasteiger partial charge in [-0.25, -0.2) is 0 Å². The van der Waals surface area contributed by atoms with Crippen molar-refractivity contribution in [3.8, 4) is 16.9 Å². The van der Waals surface area contributed by atoms with E-state index in [9.17, 15) is 24.3 Å².